The zero-order chi connectivity index (χ0) is 19.0. The monoisotopic (exact) mass is 383 g/mol. The van der Waals surface area contributed by atoms with Crippen LogP contribution in [-0.2, 0) is 4.57 Å². The Labute approximate surface area is 159 Å². The summed E-state index contributed by atoms with van der Waals surface area (Å²) in [6, 6.07) is 25.1. The standard InChI is InChI=1S/C21H22NO4P/c1-2-17-24-21-16-10-9-15-20(21)22-27(23,25-18-11-5-3-6-12-18)26-19-13-7-4-8-14-19/h3-16H,2,17H2,1H3,(H,22,23). The van der Waals surface area contributed by atoms with E-state index in [1.807, 2.05) is 37.3 Å². The molecule has 3 aromatic rings. The van der Waals surface area contributed by atoms with Crippen molar-refractivity contribution in [3.05, 3.63) is 84.9 Å². The van der Waals surface area contributed by atoms with Crippen LogP contribution in [0.4, 0.5) is 5.69 Å². The van der Waals surface area contributed by atoms with E-state index >= 15 is 0 Å². The highest BCUT2D eigenvalue weighted by molar-refractivity contribution is 7.56. The number of benzene rings is 3. The van der Waals surface area contributed by atoms with Gasteiger partial charge in [0.05, 0.1) is 12.3 Å². The lowest BCUT2D eigenvalue weighted by Gasteiger charge is -2.22. The van der Waals surface area contributed by atoms with Gasteiger partial charge in [-0.25, -0.2) is 4.57 Å². The van der Waals surface area contributed by atoms with Crippen LogP contribution >= 0.6 is 7.75 Å². The van der Waals surface area contributed by atoms with E-state index in [2.05, 4.69) is 5.09 Å². The highest BCUT2D eigenvalue weighted by Gasteiger charge is 2.30. The Hall–Kier alpha value is -2.91. The molecule has 0 saturated carbocycles. The van der Waals surface area contributed by atoms with Crippen LogP contribution in [0.2, 0.25) is 0 Å². The van der Waals surface area contributed by atoms with Crippen molar-refractivity contribution in [3.63, 3.8) is 0 Å². The van der Waals surface area contributed by atoms with Gasteiger partial charge < -0.3 is 13.8 Å². The van der Waals surface area contributed by atoms with Gasteiger partial charge in [-0.15, -0.1) is 0 Å². The fourth-order valence-electron chi connectivity index (χ4n) is 2.35. The van der Waals surface area contributed by atoms with Gasteiger partial charge in [0.15, 0.2) is 0 Å². The minimum Gasteiger partial charge on any atom is -0.491 e. The molecule has 0 radical (unpaired) electrons. The number of para-hydroxylation sites is 4. The SMILES string of the molecule is CCCOc1ccccc1NP(=O)(Oc1ccccc1)Oc1ccccc1. The molecule has 140 valence electrons. The summed E-state index contributed by atoms with van der Waals surface area (Å²) in [5, 5.41) is 2.92. The molecule has 0 atom stereocenters. The maximum absolute atomic E-state index is 13.5. The largest absolute Gasteiger partial charge is 0.541 e. The Morgan fingerprint density at radius 1 is 0.778 bits per heavy atom. The van der Waals surface area contributed by atoms with Gasteiger partial charge in [0.25, 0.3) is 0 Å². The molecule has 0 aliphatic rings. The first kappa shape index (κ1) is 18.9. The van der Waals surface area contributed by atoms with E-state index in [4.69, 9.17) is 13.8 Å². The average Bonchev–Trinajstić information content (AvgIpc) is 2.68. The minimum absolute atomic E-state index is 0.441. The molecule has 6 heteroatoms. The fraction of sp³-hybridized carbons (Fsp3) is 0.143. The Bertz CT molecular complexity index is 841. The summed E-state index contributed by atoms with van der Waals surface area (Å²) in [7, 11) is -3.77. The van der Waals surface area contributed by atoms with Crippen LogP contribution < -0.4 is 18.9 Å². The molecule has 0 bridgehead atoms. The molecular formula is C21H22NO4P. The lowest BCUT2D eigenvalue weighted by molar-refractivity contribution is 0.318. The van der Waals surface area contributed by atoms with E-state index in [1.54, 1.807) is 54.6 Å². The smallest absolute Gasteiger partial charge is 0.491 e. The van der Waals surface area contributed by atoms with E-state index in [0.717, 1.165) is 6.42 Å². The molecule has 5 nitrogen and oxygen atoms in total. The van der Waals surface area contributed by atoms with Crippen molar-refractivity contribution in [1.29, 1.82) is 0 Å². The summed E-state index contributed by atoms with van der Waals surface area (Å²) in [6.07, 6.45) is 0.868. The summed E-state index contributed by atoms with van der Waals surface area (Å²) in [5.74, 6) is 1.47. The number of ether oxygens (including phenoxy) is 1. The van der Waals surface area contributed by atoms with Crippen molar-refractivity contribution >= 4 is 13.4 Å². The van der Waals surface area contributed by atoms with Crippen molar-refractivity contribution in [3.8, 4) is 17.2 Å². The van der Waals surface area contributed by atoms with Gasteiger partial charge in [0.1, 0.15) is 17.2 Å². The molecule has 0 aromatic heterocycles. The first-order valence-corrected chi connectivity index (χ1v) is 10.3. The van der Waals surface area contributed by atoms with E-state index < -0.39 is 7.75 Å². The third kappa shape index (κ3) is 5.53. The molecule has 0 amide bonds. The molecular weight excluding hydrogens is 361 g/mol. The van der Waals surface area contributed by atoms with Crippen LogP contribution in [0, 0.1) is 0 Å². The first-order chi connectivity index (χ1) is 13.2. The van der Waals surface area contributed by atoms with Crippen LogP contribution in [0.25, 0.3) is 0 Å². The van der Waals surface area contributed by atoms with Crippen molar-refractivity contribution < 1.29 is 18.3 Å². The molecule has 0 aliphatic heterocycles. The van der Waals surface area contributed by atoms with Gasteiger partial charge in [-0.2, -0.15) is 0 Å². The first-order valence-electron chi connectivity index (χ1n) is 8.78. The Morgan fingerprint density at radius 3 is 1.85 bits per heavy atom. The molecule has 0 aliphatic carbocycles. The summed E-state index contributed by atoms with van der Waals surface area (Å²) < 4.78 is 30.7. The summed E-state index contributed by atoms with van der Waals surface area (Å²) >= 11 is 0. The lowest BCUT2D eigenvalue weighted by atomic mass is 10.3. The lowest BCUT2D eigenvalue weighted by Crippen LogP contribution is -2.11. The molecule has 0 saturated heterocycles. The second-order valence-corrected chi connectivity index (χ2v) is 7.35. The number of nitrogens with one attached hydrogen (secondary N) is 1. The Balaban J connectivity index is 1.89. The predicted molar refractivity (Wildman–Crippen MR) is 108 cm³/mol. The maximum atomic E-state index is 13.5. The second kappa shape index (κ2) is 9.15. The van der Waals surface area contributed by atoms with Crippen LogP contribution in [0.1, 0.15) is 13.3 Å². The van der Waals surface area contributed by atoms with Gasteiger partial charge in [-0.3, -0.25) is 5.09 Å². The van der Waals surface area contributed by atoms with Gasteiger partial charge in [0, 0.05) is 0 Å². The number of hydrogen-bond acceptors (Lipinski definition) is 4. The third-order valence-electron chi connectivity index (χ3n) is 3.54. The van der Waals surface area contributed by atoms with Crippen molar-refractivity contribution in [1.82, 2.24) is 0 Å². The van der Waals surface area contributed by atoms with Crippen molar-refractivity contribution in [2.45, 2.75) is 13.3 Å². The van der Waals surface area contributed by atoms with Gasteiger partial charge >= 0.3 is 7.75 Å². The van der Waals surface area contributed by atoms with Crippen LogP contribution in [0.15, 0.2) is 84.9 Å². The van der Waals surface area contributed by atoms with Crippen LogP contribution in [0.5, 0.6) is 17.2 Å². The number of rotatable bonds is 9. The zero-order valence-electron chi connectivity index (χ0n) is 15.1. The molecule has 1 N–H and O–H groups in total. The molecule has 0 heterocycles. The maximum Gasteiger partial charge on any atom is 0.541 e. The molecule has 3 rings (SSSR count). The minimum atomic E-state index is -3.77. The third-order valence-corrected chi connectivity index (χ3v) is 4.96. The van der Waals surface area contributed by atoms with Crippen molar-refractivity contribution in [2.75, 3.05) is 11.7 Å². The number of hydrogen-bond donors (Lipinski definition) is 1. The van der Waals surface area contributed by atoms with Crippen LogP contribution in [-0.4, -0.2) is 6.61 Å². The molecule has 0 fully saturated rings. The van der Waals surface area contributed by atoms with Gasteiger partial charge in [-0.05, 0) is 42.8 Å². The average molecular weight is 383 g/mol. The number of anilines is 1. The molecule has 0 unspecified atom stereocenters. The van der Waals surface area contributed by atoms with Gasteiger partial charge in [-0.1, -0.05) is 55.5 Å². The normalized spacial score (nSPS) is 10.9. The quantitative estimate of drug-likeness (QED) is 0.449. The highest BCUT2D eigenvalue weighted by Crippen LogP contribution is 2.49. The highest BCUT2D eigenvalue weighted by atomic mass is 31.2. The zero-order valence-corrected chi connectivity index (χ0v) is 16.0. The topological polar surface area (TPSA) is 56.8 Å². The summed E-state index contributed by atoms with van der Waals surface area (Å²) in [4.78, 5) is 0. The predicted octanol–water partition coefficient (Wildman–Crippen LogP) is 6.15. The molecule has 0 spiro atoms. The van der Waals surface area contributed by atoms with Crippen LogP contribution in [0.3, 0.4) is 0 Å². The van der Waals surface area contributed by atoms with E-state index in [9.17, 15) is 4.57 Å². The fourth-order valence-corrected chi connectivity index (χ4v) is 3.76. The summed E-state index contributed by atoms with van der Waals surface area (Å²) in [6.45, 7) is 2.58. The van der Waals surface area contributed by atoms with E-state index in [-0.39, 0.29) is 0 Å². The molecule has 27 heavy (non-hydrogen) atoms. The van der Waals surface area contributed by atoms with Gasteiger partial charge in [0.2, 0.25) is 0 Å². The molecule has 3 aromatic carbocycles. The van der Waals surface area contributed by atoms with E-state index in [0.29, 0.717) is 29.5 Å². The van der Waals surface area contributed by atoms with E-state index in [1.165, 1.54) is 0 Å². The van der Waals surface area contributed by atoms with Crippen molar-refractivity contribution in [2.24, 2.45) is 0 Å². The second-order valence-electron chi connectivity index (χ2n) is 5.76. The summed E-state index contributed by atoms with van der Waals surface area (Å²) in [5.41, 5.74) is 0.543. The Morgan fingerprint density at radius 2 is 1.30 bits per heavy atom. The Kier molecular flexibility index (Phi) is 6.39.